The number of rotatable bonds is 15. The number of carbonyl (C=O) groups is 1. The predicted octanol–water partition coefficient (Wildman–Crippen LogP) is 3.08. The second-order valence-electron chi connectivity index (χ2n) is 7.07. The van der Waals surface area contributed by atoms with E-state index in [-0.39, 0.29) is 6.42 Å². The van der Waals surface area contributed by atoms with Crippen molar-refractivity contribution in [2.45, 2.75) is 50.7 Å². The molecule has 1 rings (SSSR count). The number of unbranched alkanes of at least 4 members (excludes halogenated alkanes) is 1. The highest BCUT2D eigenvalue weighted by atomic mass is 16.5. The Hall–Kier alpha value is -2.77. The van der Waals surface area contributed by atoms with Gasteiger partial charge in [-0.15, -0.1) is 0 Å². The maximum atomic E-state index is 10.7. The van der Waals surface area contributed by atoms with Gasteiger partial charge in [0, 0.05) is 6.42 Å². The first kappa shape index (κ1) is 26.3. The van der Waals surface area contributed by atoms with Gasteiger partial charge in [0.1, 0.15) is 0 Å². The molecule has 1 amide bonds. The Bertz CT molecular complexity index is 731. The number of methoxy groups -OCH3 is 3. The van der Waals surface area contributed by atoms with E-state index in [4.69, 9.17) is 19.9 Å². The average molecular weight is 434 g/mol. The van der Waals surface area contributed by atoms with Gasteiger partial charge in [-0.1, -0.05) is 42.9 Å². The SMILES string of the molecule is COc1cc(CCCCC(O)/C=C/C=C\C=C\C(O)CCC(N)=O)cc(OC)c1OC. The minimum atomic E-state index is -0.697. The fourth-order valence-electron chi connectivity index (χ4n) is 2.96. The van der Waals surface area contributed by atoms with Crippen LogP contribution in [-0.2, 0) is 11.2 Å². The van der Waals surface area contributed by atoms with Gasteiger partial charge in [0.25, 0.3) is 0 Å². The van der Waals surface area contributed by atoms with E-state index in [2.05, 4.69) is 0 Å². The van der Waals surface area contributed by atoms with Crippen molar-refractivity contribution in [1.29, 1.82) is 0 Å². The highest BCUT2D eigenvalue weighted by molar-refractivity contribution is 5.73. The summed E-state index contributed by atoms with van der Waals surface area (Å²) in [7, 11) is 4.77. The fraction of sp³-hybridized carbons (Fsp3) is 0.458. The van der Waals surface area contributed by atoms with E-state index in [1.54, 1.807) is 57.8 Å². The van der Waals surface area contributed by atoms with Gasteiger partial charge in [0.2, 0.25) is 11.7 Å². The van der Waals surface area contributed by atoms with E-state index in [9.17, 15) is 15.0 Å². The lowest BCUT2D eigenvalue weighted by atomic mass is 10.0. The van der Waals surface area contributed by atoms with Crippen LogP contribution in [0.5, 0.6) is 17.2 Å². The third kappa shape index (κ3) is 10.7. The molecule has 0 heterocycles. The lowest BCUT2D eigenvalue weighted by molar-refractivity contribution is -0.118. The molecule has 0 radical (unpaired) electrons. The molecule has 0 aliphatic heterocycles. The molecule has 0 bridgehead atoms. The normalized spacial score (nSPS) is 13.7. The van der Waals surface area contributed by atoms with Crippen molar-refractivity contribution in [2.24, 2.45) is 5.73 Å². The van der Waals surface area contributed by atoms with Crippen LogP contribution in [0.15, 0.2) is 48.6 Å². The molecule has 7 heteroatoms. The van der Waals surface area contributed by atoms with Gasteiger partial charge in [-0.05, 0) is 43.4 Å². The summed E-state index contributed by atoms with van der Waals surface area (Å²) >= 11 is 0. The van der Waals surface area contributed by atoms with E-state index in [1.165, 1.54) is 0 Å². The van der Waals surface area contributed by atoms with Gasteiger partial charge in [-0.3, -0.25) is 4.79 Å². The number of aryl methyl sites for hydroxylation is 1. The molecule has 0 aliphatic carbocycles. The summed E-state index contributed by atoms with van der Waals surface area (Å²) in [6.07, 6.45) is 12.9. The number of ether oxygens (including phenoxy) is 3. The van der Waals surface area contributed by atoms with Gasteiger partial charge in [-0.25, -0.2) is 0 Å². The van der Waals surface area contributed by atoms with Crippen LogP contribution in [0.25, 0.3) is 0 Å². The van der Waals surface area contributed by atoms with Crippen LogP contribution in [-0.4, -0.2) is 49.7 Å². The minimum absolute atomic E-state index is 0.154. The first-order chi connectivity index (χ1) is 14.9. The largest absolute Gasteiger partial charge is 0.493 e. The molecule has 172 valence electrons. The van der Waals surface area contributed by atoms with Crippen LogP contribution >= 0.6 is 0 Å². The Morgan fingerprint density at radius 2 is 1.45 bits per heavy atom. The van der Waals surface area contributed by atoms with E-state index in [1.807, 2.05) is 12.1 Å². The highest BCUT2D eigenvalue weighted by Crippen LogP contribution is 2.38. The second kappa shape index (κ2) is 15.1. The molecular weight excluding hydrogens is 398 g/mol. The van der Waals surface area contributed by atoms with Gasteiger partial charge in [-0.2, -0.15) is 0 Å². The van der Waals surface area contributed by atoms with Crippen LogP contribution in [0, 0.1) is 0 Å². The standard InChI is InChI=1S/C24H35NO6/c1-29-21-16-18(17-22(30-2)24(21)31-3)10-8-9-13-19(26)11-6-4-5-7-12-20(27)14-15-23(25)28/h4-7,11-12,16-17,19-20,26-27H,8-10,13-15H2,1-3H3,(H2,25,28)/b5-4-,11-6+,12-7+. The zero-order chi connectivity index (χ0) is 23.1. The minimum Gasteiger partial charge on any atom is -0.493 e. The lowest BCUT2D eigenvalue weighted by Gasteiger charge is -2.14. The molecular formula is C24H35NO6. The Labute approximate surface area is 184 Å². The van der Waals surface area contributed by atoms with Gasteiger partial charge < -0.3 is 30.2 Å². The Morgan fingerprint density at radius 1 is 0.903 bits per heavy atom. The summed E-state index contributed by atoms with van der Waals surface area (Å²) in [6.45, 7) is 0. The van der Waals surface area contributed by atoms with E-state index >= 15 is 0 Å². The van der Waals surface area contributed by atoms with Crippen molar-refractivity contribution in [2.75, 3.05) is 21.3 Å². The quantitative estimate of drug-likeness (QED) is 0.290. The molecule has 0 aromatic heterocycles. The maximum absolute atomic E-state index is 10.7. The third-order valence-electron chi connectivity index (χ3n) is 4.63. The Balaban J connectivity index is 2.36. The molecule has 1 aromatic rings. The van der Waals surface area contributed by atoms with Crippen LogP contribution < -0.4 is 19.9 Å². The van der Waals surface area contributed by atoms with E-state index < -0.39 is 18.1 Å². The van der Waals surface area contributed by atoms with Gasteiger partial charge >= 0.3 is 0 Å². The Kier molecular flexibility index (Phi) is 12.8. The van der Waals surface area contributed by atoms with Gasteiger partial charge in [0.15, 0.2) is 11.5 Å². The van der Waals surface area contributed by atoms with Crippen LogP contribution in [0.4, 0.5) is 0 Å². The summed E-state index contributed by atoms with van der Waals surface area (Å²) in [5, 5.41) is 19.7. The monoisotopic (exact) mass is 433 g/mol. The number of primary amides is 1. The zero-order valence-corrected chi connectivity index (χ0v) is 18.6. The molecule has 31 heavy (non-hydrogen) atoms. The first-order valence-corrected chi connectivity index (χ1v) is 10.4. The summed E-state index contributed by atoms with van der Waals surface area (Å²) in [4.78, 5) is 10.7. The van der Waals surface area contributed by atoms with Crippen molar-refractivity contribution >= 4 is 5.91 Å². The molecule has 2 unspecified atom stereocenters. The summed E-state index contributed by atoms with van der Waals surface area (Å²) < 4.78 is 16.1. The molecule has 0 aliphatic rings. The molecule has 1 aromatic carbocycles. The fourth-order valence-corrected chi connectivity index (χ4v) is 2.96. The van der Waals surface area contributed by atoms with E-state index in [0.29, 0.717) is 30.1 Å². The summed E-state index contributed by atoms with van der Waals surface area (Å²) in [5.74, 6) is 1.43. The molecule has 7 nitrogen and oxygen atoms in total. The first-order valence-electron chi connectivity index (χ1n) is 10.4. The number of nitrogens with two attached hydrogens (primary N) is 1. The third-order valence-corrected chi connectivity index (χ3v) is 4.63. The molecule has 4 N–H and O–H groups in total. The van der Waals surface area contributed by atoms with Gasteiger partial charge in [0.05, 0.1) is 33.5 Å². The average Bonchev–Trinajstić information content (AvgIpc) is 2.76. The number of allylic oxidation sites excluding steroid dienone is 4. The van der Waals surface area contributed by atoms with Crippen LogP contribution in [0.3, 0.4) is 0 Å². The van der Waals surface area contributed by atoms with Crippen molar-refractivity contribution in [3.8, 4) is 17.2 Å². The molecule has 0 spiro atoms. The molecule has 0 saturated carbocycles. The predicted molar refractivity (Wildman–Crippen MR) is 122 cm³/mol. The smallest absolute Gasteiger partial charge is 0.217 e. The number of hydrogen-bond donors (Lipinski definition) is 3. The van der Waals surface area contributed by atoms with Crippen molar-refractivity contribution < 1.29 is 29.2 Å². The number of aliphatic hydroxyl groups excluding tert-OH is 2. The maximum Gasteiger partial charge on any atom is 0.217 e. The number of benzene rings is 1. The summed E-state index contributed by atoms with van der Waals surface area (Å²) in [6, 6.07) is 3.89. The van der Waals surface area contributed by atoms with Crippen molar-refractivity contribution in [1.82, 2.24) is 0 Å². The highest BCUT2D eigenvalue weighted by Gasteiger charge is 2.13. The number of amides is 1. The van der Waals surface area contributed by atoms with Crippen molar-refractivity contribution in [3.63, 3.8) is 0 Å². The lowest BCUT2D eigenvalue weighted by Crippen LogP contribution is -2.13. The number of carbonyl (C=O) groups excluding carboxylic acids is 1. The summed E-state index contributed by atoms with van der Waals surface area (Å²) in [5.41, 5.74) is 6.13. The van der Waals surface area contributed by atoms with Crippen LogP contribution in [0.1, 0.15) is 37.7 Å². The van der Waals surface area contributed by atoms with Crippen molar-refractivity contribution in [3.05, 3.63) is 54.2 Å². The molecule has 2 atom stereocenters. The second-order valence-corrected chi connectivity index (χ2v) is 7.07. The zero-order valence-electron chi connectivity index (χ0n) is 18.6. The Morgan fingerprint density at radius 3 is 1.94 bits per heavy atom. The molecule has 0 saturated heterocycles. The van der Waals surface area contributed by atoms with Crippen LogP contribution in [0.2, 0.25) is 0 Å². The number of hydrogen-bond acceptors (Lipinski definition) is 6. The number of aliphatic hydroxyl groups is 2. The molecule has 0 fully saturated rings. The topological polar surface area (TPSA) is 111 Å². The van der Waals surface area contributed by atoms with E-state index in [0.717, 1.165) is 24.8 Å².